The highest BCUT2D eigenvalue weighted by molar-refractivity contribution is 7.94. The fraction of sp³-hybridized carbons (Fsp3) is 0.250. The molecule has 0 aliphatic rings. The van der Waals surface area contributed by atoms with Gasteiger partial charge in [-0.1, -0.05) is 23.5 Å². The van der Waals surface area contributed by atoms with Crippen LogP contribution in [0, 0.1) is 13.8 Å². The molecular weight excluding hydrogens is 312 g/mol. The molecule has 7 nitrogen and oxygen atoms in total. The lowest BCUT2D eigenvalue weighted by molar-refractivity contribution is -0.114. The van der Waals surface area contributed by atoms with Crippen LogP contribution in [0.15, 0.2) is 22.5 Å². The lowest BCUT2D eigenvalue weighted by Crippen LogP contribution is -2.13. The van der Waals surface area contributed by atoms with E-state index < -0.39 is 10.0 Å². The van der Waals surface area contributed by atoms with Crippen molar-refractivity contribution in [2.24, 2.45) is 0 Å². The van der Waals surface area contributed by atoms with E-state index in [0.717, 1.165) is 22.5 Å². The van der Waals surface area contributed by atoms with E-state index >= 15 is 0 Å². The number of carbonyl (C=O) groups is 1. The first-order valence-corrected chi connectivity index (χ1v) is 8.29. The average molecular weight is 326 g/mol. The predicted molar refractivity (Wildman–Crippen MR) is 80.9 cm³/mol. The van der Waals surface area contributed by atoms with Crippen LogP contribution < -0.4 is 10.0 Å². The molecule has 0 unspecified atom stereocenters. The molecule has 1 heterocycles. The maximum absolute atomic E-state index is 12.2. The molecule has 2 N–H and O–H groups in total. The fourth-order valence-corrected chi connectivity index (χ4v) is 3.62. The SMILES string of the molecule is CC(=O)Nc1nnc(S(=O)(=O)Nc2cc(C)ccc2C)s1. The molecule has 1 amide bonds. The Labute approximate surface area is 126 Å². The summed E-state index contributed by atoms with van der Waals surface area (Å²) in [6.07, 6.45) is 0. The van der Waals surface area contributed by atoms with Crippen molar-refractivity contribution in [1.29, 1.82) is 0 Å². The van der Waals surface area contributed by atoms with Gasteiger partial charge in [0.1, 0.15) is 0 Å². The molecule has 1 aromatic heterocycles. The van der Waals surface area contributed by atoms with Crippen LogP contribution in [0.4, 0.5) is 10.8 Å². The van der Waals surface area contributed by atoms with E-state index in [1.165, 1.54) is 6.92 Å². The summed E-state index contributed by atoms with van der Waals surface area (Å²) in [7, 11) is -3.82. The number of nitrogens with zero attached hydrogens (tertiary/aromatic N) is 2. The molecule has 0 aliphatic carbocycles. The number of aryl methyl sites for hydroxylation is 2. The molecule has 9 heteroatoms. The highest BCUT2D eigenvalue weighted by atomic mass is 32.2. The average Bonchev–Trinajstić information content (AvgIpc) is 2.82. The Morgan fingerprint density at radius 1 is 1.24 bits per heavy atom. The van der Waals surface area contributed by atoms with Crippen LogP contribution in [0.25, 0.3) is 0 Å². The summed E-state index contributed by atoms with van der Waals surface area (Å²) in [4.78, 5) is 10.9. The van der Waals surface area contributed by atoms with Gasteiger partial charge in [0, 0.05) is 6.92 Å². The van der Waals surface area contributed by atoms with Crippen molar-refractivity contribution in [2.45, 2.75) is 25.1 Å². The molecule has 2 rings (SSSR count). The van der Waals surface area contributed by atoms with Gasteiger partial charge in [-0.25, -0.2) is 0 Å². The fourth-order valence-electron chi connectivity index (χ4n) is 1.55. The number of hydrogen-bond donors (Lipinski definition) is 2. The number of benzene rings is 1. The Bertz CT molecular complexity index is 784. The van der Waals surface area contributed by atoms with Gasteiger partial charge in [0.05, 0.1) is 5.69 Å². The van der Waals surface area contributed by atoms with E-state index in [1.54, 1.807) is 13.0 Å². The number of carbonyl (C=O) groups excluding carboxylic acids is 1. The van der Waals surface area contributed by atoms with Gasteiger partial charge < -0.3 is 5.32 Å². The van der Waals surface area contributed by atoms with Gasteiger partial charge in [0.25, 0.3) is 14.4 Å². The molecule has 0 atom stereocenters. The number of rotatable bonds is 4. The van der Waals surface area contributed by atoms with Crippen molar-refractivity contribution in [3.63, 3.8) is 0 Å². The number of hydrogen-bond acceptors (Lipinski definition) is 6. The quantitative estimate of drug-likeness (QED) is 0.836. The smallest absolute Gasteiger partial charge is 0.291 e. The second-order valence-corrected chi connectivity index (χ2v) is 7.31. The number of anilines is 2. The minimum atomic E-state index is -3.82. The number of aromatic nitrogens is 2. The maximum Gasteiger partial charge on any atom is 0.291 e. The Morgan fingerprint density at radius 3 is 2.62 bits per heavy atom. The lowest BCUT2D eigenvalue weighted by atomic mass is 10.1. The van der Waals surface area contributed by atoms with Gasteiger partial charge >= 0.3 is 0 Å². The van der Waals surface area contributed by atoms with Gasteiger partial charge in [0.2, 0.25) is 11.0 Å². The molecule has 0 aliphatic heterocycles. The summed E-state index contributed by atoms with van der Waals surface area (Å²) in [5, 5.41) is 9.75. The largest absolute Gasteiger partial charge is 0.301 e. The van der Waals surface area contributed by atoms with Crippen LogP contribution >= 0.6 is 11.3 Å². The molecule has 21 heavy (non-hydrogen) atoms. The van der Waals surface area contributed by atoms with E-state index in [0.29, 0.717) is 5.69 Å². The summed E-state index contributed by atoms with van der Waals surface area (Å²) in [6, 6.07) is 5.46. The van der Waals surface area contributed by atoms with Crippen LogP contribution in [-0.2, 0) is 14.8 Å². The summed E-state index contributed by atoms with van der Waals surface area (Å²) < 4.78 is 26.8. The normalized spacial score (nSPS) is 11.2. The third kappa shape index (κ3) is 3.76. The zero-order valence-electron chi connectivity index (χ0n) is 11.7. The first-order valence-electron chi connectivity index (χ1n) is 5.99. The molecule has 0 bridgehead atoms. The van der Waals surface area contributed by atoms with E-state index in [2.05, 4.69) is 20.2 Å². The molecule has 2 aromatic rings. The van der Waals surface area contributed by atoms with Gasteiger partial charge in [-0.05, 0) is 31.0 Å². The molecule has 0 saturated carbocycles. The van der Waals surface area contributed by atoms with E-state index in [-0.39, 0.29) is 15.4 Å². The molecular formula is C12H14N4O3S2. The van der Waals surface area contributed by atoms with Crippen molar-refractivity contribution in [3.8, 4) is 0 Å². The van der Waals surface area contributed by atoms with Gasteiger partial charge in [-0.2, -0.15) is 8.42 Å². The standard InChI is InChI=1S/C12H14N4O3S2/c1-7-4-5-8(2)10(6-7)16-21(18,19)12-15-14-11(20-12)13-9(3)17/h4-6,16H,1-3H3,(H,13,14,17). The van der Waals surface area contributed by atoms with Crippen LogP contribution in [0.1, 0.15) is 18.1 Å². The third-order valence-electron chi connectivity index (χ3n) is 2.56. The maximum atomic E-state index is 12.2. The number of amides is 1. The van der Waals surface area contributed by atoms with Crippen molar-refractivity contribution in [2.75, 3.05) is 10.0 Å². The Kier molecular flexibility index (Phi) is 4.24. The number of nitrogens with one attached hydrogen (secondary N) is 2. The summed E-state index contributed by atoms with van der Waals surface area (Å²) in [5.41, 5.74) is 2.23. The topological polar surface area (TPSA) is 101 Å². The molecule has 1 aromatic carbocycles. The zero-order chi connectivity index (χ0) is 15.6. The second-order valence-electron chi connectivity index (χ2n) is 4.48. The van der Waals surface area contributed by atoms with Crippen LogP contribution in [0.2, 0.25) is 0 Å². The van der Waals surface area contributed by atoms with Crippen molar-refractivity contribution >= 4 is 38.1 Å². The van der Waals surface area contributed by atoms with Gasteiger partial charge in [0.15, 0.2) is 0 Å². The van der Waals surface area contributed by atoms with Crippen molar-refractivity contribution < 1.29 is 13.2 Å². The van der Waals surface area contributed by atoms with Crippen molar-refractivity contribution in [1.82, 2.24) is 10.2 Å². The van der Waals surface area contributed by atoms with Gasteiger partial charge in [-0.3, -0.25) is 9.52 Å². The van der Waals surface area contributed by atoms with Crippen LogP contribution in [0.3, 0.4) is 0 Å². The Balaban J connectivity index is 2.28. The molecule has 0 fully saturated rings. The van der Waals surface area contributed by atoms with Crippen LogP contribution in [0.5, 0.6) is 0 Å². The molecule has 0 saturated heterocycles. The minimum absolute atomic E-state index is 0.142. The second kappa shape index (κ2) is 5.78. The monoisotopic (exact) mass is 326 g/mol. The summed E-state index contributed by atoms with van der Waals surface area (Å²) in [6.45, 7) is 4.99. The predicted octanol–water partition coefficient (Wildman–Crippen LogP) is 1.91. The van der Waals surface area contributed by atoms with E-state index in [4.69, 9.17) is 0 Å². The van der Waals surface area contributed by atoms with Crippen molar-refractivity contribution in [3.05, 3.63) is 29.3 Å². The summed E-state index contributed by atoms with van der Waals surface area (Å²) >= 11 is 0.793. The van der Waals surface area contributed by atoms with Crippen LogP contribution in [-0.4, -0.2) is 24.5 Å². The van der Waals surface area contributed by atoms with E-state index in [1.807, 2.05) is 19.1 Å². The van der Waals surface area contributed by atoms with Gasteiger partial charge in [-0.15, -0.1) is 10.2 Å². The Morgan fingerprint density at radius 2 is 1.95 bits per heavy atom. The molecule has 112 valence electrons. The number of sulfonamides is 1. The third-order valence-corrected chi connectivity index (χ3v) is 5.13. The lowest BCUT2D eigenvalue weighted by Gasteiger charge is -2.09. The molecule has 0 radical (unpaired) electrons. The zero-order valence-corrected chi connectivity index (χ0v) is 13.3. The minimum Gasteiger partial charge on any atom is -0.301 e. The highest BCUT2D eigenvalue weighted by Crippen LogP contribution is 2.24. The van der Waals surface area contributed by atoms with E-state index in [9.17, 15) is 13.2 Å². The highest BCUT2D eigenvalue weighted by Gasteiger charge is 2.21. The summed E-state index contributed by atoms with van der Waals surface area (Å²) in [5.74, 6) is -0.336. The first-order chi connectivity index (χ1) is 9.78. The molecule has 0 spiro atoms. The first kappa shape index (κ1) is 15.4. The Hall–Kier alpha value is -2.00.